The molecule has 0 aromatic heterocycles. The molecule has 0 amide bonds. The molecule has 0 aromatic rings. The molecule has 1 nitrogen and oxygen atoms in total. The molecule has 0 atom stereocenters. The molecule has 0 unspecified atom stereocenters. The van der Waals surface area contributed by atoms with E-state index in [-0.39, 0.29) is 0 Å². The fourth-order valence-electron chi connectivity index (χ4n) is 0.314. The average molecular weight is 143 g/mol. The summed E-state index contributed by atoms with van der Waals surface area (Å²) in [4.78, 5) is 1.07. The standard InChI is InChI=1S/C7H13NS/c1-5(2)6(3)9-7(4)8/h5,8H,3H2,1-2,4H3. The van der Waals surface area contributed by atoms with Crippen molar-refractivity contribution in [1.82, 2.24) is 0 Å². The Labute approximate surface area is 61.0 Å². The minimum Gasteiger partial charge on any atom is -0.298 e. The van der Waals surface area contributed by atoms with Gasteiger partial charge in [0.1, 0.15) is 0 Å². The zero-order valence-corrected chi connectivity index (χ0v) is 7.01. The molecule has 0 aliphatic heterocycles. The van der Waals surface area contributed by atoms with E-state index in [1.165, 1.54) is 11.8 Å². The quantitative estimate of drug-likeness (QED) is 0.466. The third kappa shape index (κ3) is 4.28. The summed E-state index contributed by atoms with van der Waals surface area (Å²) in [6, 6.07) is 0. The van der Waals surface area contributed by atoms with Crippen molar-refractivity contribution < 1.29 is 0 Å². The summed E-state index contributed by atoms with van der Waals surface area (Å²) in [5.41, 5.74) is 0. The van der Waals surface area contributed by atoms with Gasteiger partial charge in [0.15, 0.2) is 0 Å². The van der Waals surface area contributed by atoms with Crippen LogP contribution < -0.4 is 0 Å². The first-order chi connectivity index (χ1) is 4.04. The largest absolute Gasteiger partial charge is 0.298 e. The van der Waals surface area contributed by atoms with Gasteiger partial charge in [-0.15, -0.1) is 0 Å². The van der Waals surface area contributed by atoms with E-state index >= 15 is 0 Å². The van der Waals surface area contributed by atoms with E-state index in [9.17, 15) is 0 Å². The van der Waals surface area contributed by atoms with E-state index < -0.39 is 0 Å². The average Bonchev–Trinajstić information content (AvgIpc) is 1.63. The van der Waals surface area contributed by atoms with Crippen LogP contribution in [-0.2, 0) is 0 Å². The third-order valence-corrected chi connectivity index (χ3v) is 1.97. The van der Waals surface area contributed by atoms with Crippen molar-refractivity contribution in [1.29, 1.82) is 5.41 Å². The molecule has 0 radical (unpaired) electrons. The predicted molar refractivity (Wildman–Crippen MR) is 45.0 cm³/mol. The Hall–Kier alpha value is -0.240. The highest BCUT2D eigenvalue weighted by Gasteiger charge is 2.00. The molecule has 0 saturated heterocycles. The zero-order chi connectivity index (χ0) is 7.44. The summed E-state index contributed by atoms with van der Waals surface area (Å²) in [5, 5.41) is 7.74. The Balaban J connectivity index is 3.64. The fraction of sp³-hybridized carbons (Fsp3) is 0.571. The first-order valence-electron chi connectivity index (χ1n) is 2.96. The summed E-state index contributed by atoms with van der Waals surface area (Å²) in [6.07, 6.45) is 0. The maximum absolute atomic E-state index is 7.12. The van der Waals surface area contributed by atoms with E-state index in [4.69, 9.17) is 5.41 Å². The first-order valence-corrected chi connectivity index (χ1v) is 3.77. The number of hydrogen-bond donors (Lipinski definition) is 1. The summed E-state index contributed by atoms with van der Waals surface area (Å²) in [7, 11) is 0. The summed E-state index contributed by atoms with van der Waals surface area (Å²) < 4.78 is 0. The molecule has 1 N–H and O–H groups in total. The highest BCUT2D eigenvalue weighted by atomic mass is 32.2. The Morgan fingerprint density at radius 3 is 2.11 bits per heavy atom. The number of nitrogens with one attached hydrogen (secondary N) is 1. The molecular weight excluding hydrogens is 130 g/mol. The van der Waals surface area contributed by atoms with Crippen LogP contribution in [0.15, 0.2) is 11.5 Å². The molecule has 2 heteroatoms. The highest BCUT2D eigenvalue weighted by Crippen LogP contribution is 2.21. The monoisotopic (exact) mass is 143 g/mol. The summed E-state index contributed by atoms with van der Waals surface area (Å²) >= 11 is 1.45. The summed E-state index contributed by atoms with van der Waals surface area (Å²) in [6.45, 7) is 9.76. The van der Waals surface area contributed by atoms with E-state index in [0.717, 1.165) is 4.91 Å². The number of hydrogen-bond acceptors (Lipinski definition) is 2. The molecule has 0 aliphatic carbocycles. The summed E-state index contributed by atoms with van der Waals surface area (Å²) in [5.74, 6) is 0.482. The minimum atomic E-state index is 0.482. The van der Waals surface area contributed by atoms with Gasteiger partial charge in [0.05, 0.1) is 5.04 Å². The van der Waals surface area contributed by atoms with Crippen LogP contribution in [0.3, 0.4) is 0 Å². The second kappa shape index (κ2) is 3.72. The van der Waals surface area contributed by atoms with Crippen molar-refractivity contribution in [3.8, 4) is 0 Å². The van der Waals surface area contributed by atoms with Crippen molar-refractivity contribution in [2.24, 2.45) is 5.92 Å². The van der Waals surface area contributed by atoms with E-state index in [2.05, 4.69) is 20.4 Å². The molecule has 0 saturated carbocycles. The van der Waals surface area contributed by atoms with Crippen molar-refractivity contribution in [2.75, 3.05) is 0 Å². The molecular formula is C7H13NS. The minimum absolute atomic E-state index is 0.482. The van der Waals surface area contributed by atoms with E-state index in [1.54, 1.807) is 6.92 Å². The lowest BCUT2D eigenvalue weighted by atomic mass is 10.2. The lowest BCUT2D eigenvalue weighted by Gasteiger charge is -2.05. The maximum atomic E-state index is 7.12. The van der Waals surface area contributed by atoms with Crippen LogP contribution in [0, 0.1) is 11.3 Å². The van der Waals surface area contributed by atoms with Crippen LogP contribution in [0.4, 0.5) is 0 Å². The van der Waals surface area contributed by atoms with Crippen molar-refractivity contribution in [3.63, 3.8) is 0 Å². The van der Waals surface area contributed by atoms with Gasteiger partial charge in [-0.05, 0) is 17.7 Å². The van der Waals surface area contributed by atoms with Gasteiger partial charge in [0.2, 0.25) is 0 Å². The molecule has 0 aromatic carbocycles. The Kier molecular flexibility index (Phi) is 3.62. The second-order valence-corrected chi connectivity index (χ2v) is 3.62. The van der Waals surface area contributed by atoms with E-state index in [0.29, 0.717) is 11.0 Å². The van der Waals surface area contributed by atoms with Crippen LogP contribution >= 0.6 is 11.8 Å². The Morgan fingerprint density at radius 1 is 1.56 bits per heavy atom. The molecule has 52 valence electrons. The predicted octanol–water partition coefficient (Wildman–Crippen LogP) is 2.89. The lowest BCUT2D eigenvalue weighted by molar-refractivity contribution is 0.821. The van der Waals surface area contributed by atoms with Crippen LogP contribution in [0.1, 0.15) is 20.8 Å². The van der Waals surface area contributed by atoms with Gasteiger partial charge < -0.3 is 0 Å². The maximum Gasteiger partial charge on any atom is 0.0654 e. The zero-order valence-electron chi connectivity index (χ0n) is 6.19. The number of rotatable bonds is 2. The highest BCUT2D eigenvalue weighted by molar-refractivity contribution is 8.17. The number of allylic oxidation sites excluding steroid dienone is 1. The topological polar surface area (TPSA) is 23.9 Å². The van der Waals surface area contributed by atoms with Gasteiger partial charge in [-0.25, -0.2) is 0 Å². The van der Waals surface area contributed by atoms with E-state index in [1.807, 2.05) is 0 Å². The Bertz CT molecular complexity index is 127. The van der Waals surface area contributed by atoms with Crippen LogP contribution in [0.2, 0.25) is 0 Å². The van der Waals surface area contributed by atoms with Crippen molar-refractivity contribution in [2.45, 2.75) is 20.8 Å². The smallest absolute Gasteiger partial charge is 0.0654 e. The van der Waals surface area contributed by atoms with Gasteiger partial charge in [-0.1, -0.05) is 32.2 Å². The molecule has 9 heavy (non-hydrogen) atoms. The van der Waals surface area contributed by atoms with Crippen LogP contribution in [-0.4, -0.2) is 5.04 Å². The molecule has 0 spiro atoms. The molecule has 0 fully saturated rings. The van der Waals surface area contributed by atoms with Gasteiger partial charge >= 0.3 is 0 Å². The Morgan fingerprint density at radius 2 is 2.00 bits per heavy atom. The van der Waals surface area contributed by atoms with Crippen molar-refractivity contribution in [3.05, 3.63) is 11.5 Å². The normalized spacial score (nSPS) is 9.78. The fourth-order valence-corrected chi connectivity index (χ4v) is 0.943. The van der Waals surface area contributed by atoms with Crippen LogP contribution in [0.25, 0.3) is 0 Å². The van der Waals surface area contributed by atoms with Crippen LogP contribution in [0.5, 0.6) is 0 Å². The SMILES string of the molecule is C=C(SC(C)=N)C(C)C. The lowest BCUT2D eigenvalue weighted by Crippen LogP contribution is -1.89. The molecule has 0 heterocycles. The third-order valence-electron chi connectivity index (χ3n) is 0.928. The molecule has 0 bridgehead atoms. The van der Waals surface area contributed by atoms with Gasteiger partial charge in [-0.3, -0.25) is 5.41 Å². The van der Waals surface area contributed by atoms with Gasteiger partial charge in [0, 0.05) is 0 Å². The van der Waals surface area contributed by atoms with Gasteiger partial charge in [0.25, 0.3) is 0 Å². The molecule has 0 rings (SSSR count). The van der Waals surface area contributed by atoms with Gasteiger partial charge in [-0.2, -0.15) is 0 Å². The number of thioether (sulfide) groups is 1. The van der Waals surface area contributed by atoms with Crippen molar-refractivity contribution >= 4 is 16.8 Å². The molecule has 0 aliphatic rings. The second-order valence-electron chi connectivity index (χ2n) is 2.28. The first kappa shape index (κ1) is 8.76.